The Labute approximate surface area is 154 Å². The van der Waals surface area contributed by atoms with E-state index in [-0.39, 0.29) is 25.0 Å². The number of amides is 1. The van der Waals surface area contributed by atoms with E-state index in [0.717, 1.165) is 15.3 Å². The molecule has 6 heteroatoms. The molecule has 0 fully saturated rings. The van der Waals surface area contributed by atoms with Crippen LogP contribution in [-0.2, 0) is 20.7 Å². The first-order chi connectivity index (χ1) is 12.2. The number of esters is 1. The van der Waals surface area contributed by atoms with Crippen LogP contribution in [0.3, 0.4) is 0 Å². The lowest BCUT2D eigenvalue weighted by Gasteiger charge is -2.18. The van der Waals surface area contributed by atoms with Gasteiger partial charge >= 0.3 is 5.97 Å². The number of thiophene rings is 2. The smallest absolute Gasteiger partial charge is 0.311 e. The minimum absolute atomic E-state index is 0.192. The zero-order chi connectivity index (χ0) is 17.5. The van der Waals surface area contributed by atoms with Gasteiger partial charge in [0.05, 0.1) is 12.5 Å². The van der Waals surface area contributed by atoms with Gasteiger partial charge in [-0.05, 0) is 28.5 Å². The average molecular weight is 371 g/mol. The Morgan fingerprint density at radius 2 is 1.72 bits per heavy atom. The van der Waals surface area contributed by atoms with Crippen molar-refractivity contribution in [2.75, 3.05) is 6.61 Å². The number of hydrogen-bond acceptors (Lipinski definition) is 5. The van der Waals surface area contributed by atoms with Gasteiger partial charge in [0.2, 0.25) is 0 Å². The van der Waals surface area contributed by atoms with Crippen LogP contribution in [0.4, 0.5) is 0 Å². The summed E-state index contributed by atoms with van der Waals surface area (Å²) in [5.41, 5.74) is 0.989. The van der Waals surface area contributed by atoms with Gasteiger partial charge in [0.15, 0.2) is 6.61 Å². The van der Waals surface area contributed by atoms with Gasteiger partial charge in [-0.15, -0.1) is 22.7 Å². The molecule has 25 heavy (non-hydrogen) atoms. The second-order valence-electron chi connectivity index (χ2n) is 5.34. The number of benzene rings is 1. The largest absolute Gasteiger partial charge is 0.455 e. The molecule has 0 saturated heterocycles. The first-order valence-electron chi connectivity index (χ1n) is 7.78. The summed E-state index contributed by atoms with van der Waals surface area (Å²) in [6, 6.07) is 17.2. The summed E-state index contributed by atoms with van der Waals surface area (Å²) >= 11 is 3.07. The van der Waals surface area contributed by atoms with E-state index in [1.807, 2.05) is 65.4 Å². The Balaban J connectivity index is 1.58. The number of carbonyl (C=O) groups excluding carboxylic acids is 2. The highest BCUT2D eigenvalue weighted by Gasteiger charge is 2.18. The minimum Gasteiger partial charge on any atom is -0.455 e. The van der Waals surface area contributed by atoms with E-state index in [0.29, 0.717) is 0 Å². The first-order valence-corrected chi connectivity index (χ1v) is 9.54. The summed E-state index contributed by atoms with van der Waals surface area (Å²) in [7, 11) is 0. The Kier molecular flexibility index (Phi) is 5.98. The zero-order valence-electron chi connectivity index (χ0n) is 13.4. The van der Waals surface area contributed by atoms with E-state index in [4.69, 9.17) is 4.74 Å². The molecule has 1 amide bonds. The summed E-state index contributed by atoms with van der Waals surface area (Å²) in [6.45, 7) is -0.279. The van der Waals surface area contributed by atoms with Crippen LogP contribution < -0.4 is 5.32 Å². The second-order valence-corrected chi connectivity index (χ2v) is 7.35. The molecule has 3 rings (SSSR count). The molecule has 3 aromatic rings. The maximum Gasteiger partial charge on any atom is 0.311 e. The Bertz CT molecular complexity index is 799. The molecule has 0 spiro atoms. The molecule has 0 aliphatic heterocycles. The van der Waals surface area contributed by atoms with Gasteiger partial charge in [0, 0.05) is 9.75 Å². The number of hydrogen-bond donors (Lipinski definition) is 1. The van der Waals surface area contributed by atoms with Crippen molar-refractivity contribution in [2.45, 2.75) is 12.5 Å². The molecule has 2 heterocycles. The SMILES string of the molecule is O=C(COC(=O)Cc1cccs1)N[C@H](c1ccccc1)c1cccs1. The quantitative estimate of drug-likeness (QED) is 0.643. The topological polar surface area (TPSA) is 55.4 Å². The molecule has 0 saturated carbocycles. The monoisotopic (exact) mass is 371 g/mol. The van der Waals surface area contributed by atoms with E-state index in [2.05, 4.69) is 5.32 Å². The fraction of sp³-hybridized carbons (Fsp3) is 0.158. The second kappa shape index (κ2) is 8.60. The van der Waals surface area contributed by atoms with Crippen molar-refractivity contribution in [3.63, 3.8) is 0 Å². The van der Waals surface area contributed by atoms with E-state index in [9.17, 15) is 9.59 Å². The van der Waals surface area contributed by atoms with Crippen LogP contribution in [0.2, 0.25) is 0 Å². The molecule has 1 N–H and O–H groups in total. The van der Waals surface area contributed by atoms with Gasteiger partial charge in [-0.1, -0.05) is 42.5 Å². The maximum atomic E-state index is 12.2. The van der Waals surface area contributed by atoms with Crippen molar-refractivity contribution >= 4 is 34.6 Å². The van der Waals surface area contributed by atoms with Gasteiger partial charge in [0.25, 0.3) is 5.91 Å². The van der Waals surface area contributed by atoms with Crippen molar-refractivity contribution in [2.24, 2.45) is 0 Å². The Hall–Kier alpha value is -2.44. The highest BCUT2D eigenvalue weighted by Crippen LogP contribution is 2.25. The molecule has 0 bridgehead atoms. The number of ether oxygens (including phenoxy) is 1. The van der Waals surface area contributed by atoms with Gasteiger partial charge in [0.1, 0.15) is 0 Å². The number of carbonyl (C=O) groups is 2. The predicted octanol–water partition coefficient (Wildman–Crippen LogP) is 3.80. The summed E-state index contributed by atoms with van der Waals surface area (Å²) in [4.78, 5) is 26.0. The van der Waals surface area contributed by atoms with Gasteiger partial charge < -0.3 is 10.1 Å². The molecule has 4 nitrogen and oxygen atoms in total. The number of nitrogens with one attached hydrogen (secondary N) is 1. The third kappa shape index (κ3) is 5.01. The standard InChI is InChI=1S/C19H17NO3S2/c21-17(13-23-18(22)12-15-8-4-10-24-15)20-19(16-9-5-11-25-16)14-6-2-1-3-7-14/h1-11,19H,12-13H2,(H,20,21)/t19-/m1/s1. The summed E-state index contributed by atoms with van der Waals surface area (Å²) in [6.07, 6.45) is 0.192. The molecular weight excluding hydrogens is 354 g/mol. The van der Waals surface area contributed by atoms with E-state index in [1.165, 1.54) is 11.3 Å². The molecule has 0 unspecified atom stereocenters. The van der Waals surface area contributed by atoms with E-state index in [1.54, 1.807) is 11.3 Å². The molecule has 1 aromatic carbocycles. The molecule has 0 aliphatic carbocycles. The Morgan fingerprint density at radius 3 is 2.40 bits per heavy atom. The van der Waals surface area contributed by atoms with Crippen molar-refractivity contribution in [1.29, 1.82) is 0 Å². The van der Waals surface area contributed by atoms with Gasteiger partial charge in [-0.3, -0.25) is 9.59 Å². The summed E-state index contributed by atoms with van der Waals surface area (Å²) in [5.74, 6) is -0.716. The van der Waals surface area contributed by atoms with Crippen LogP contribution in [0.15, 0.2) is 65.4 Å². The lowest BCUT2D eigenvalue weighted by molar-refractivity contribution is -0.147. The molecular formula is C19H17NO3S2. The lowest BCUT2D eigenvalue weighted by Crippen LogP contribution is -2.32. The van der Waals surface area contributed by atoms with Crippen LogP contribution in [0.25, 0.3) is 0 Å². The molecule has 0 aliphatic rings. The normalized spacial score (nSPS) is 11.7. The summed E-state index contributed by atoms with van der Waals surface area (Å²) < 4.78 is 5.09. The van der Waals surface area contributed by atoms with Gasteiger partial charge in [-0.2, -0.15) is 0 Å². The van der Waals surface area contributed by atoms with E-state index < -0.39 is 5.97 Å². The van der Waals surface area contributed by atoms with Crippen molar-refractivity contribution in [3.8, 4) is 0 Å². The van der Waals surface area contributed by atoms with Crippen LogP contribution >= 0.6 is 22.7 Å². The van der Waals surface area contributed by atoms with Crippen LogP contribution in [-0.4, -0.2) is 18.5 Å². The average Bonchev–Trinajstić information content (AvgIpc) is 3.32. The maximum absolute atomic E-state index is 12.2. The lowest BCUT2D eigenvalue weighted by atomic mass is 10.1. The van der Waals surface area contributed by atoms with Crippen molar-refractivity contribution in [1.82, 2.24) is 5.32 Å². The van der Waals surface area contributed by atoms with Crippen LogP contribution in [0, 0.1) is 0 Å². The fourth-order valence-electron chi connectivity index (χ4n) is 2.37. The first kappa shape index (κ1) is 17.4. The van der Waals surface area contributed by atoms with Crippen molar-refractivity contribution < 1.29 is 14.3 Å². The third-order valence-electron chi connectivity index (χ3n) is 3.53. The minimum atomic E-state index is -0.398. The summed E-state index contributed by atoms with van der Waals surface area (Å²) in [5, 5.41) is 6.82. The van der Waals surface area contributed by atoms with Gasteiger partial charge in [-0.25, -0.2) is 0 Å². The Morgan fingerprint density at radius 1 is 0.960 bits per heavy atom. The predicted molar refractivity (Wildman–Crippen MR) is 99.7 cm³/mol. The van der Waals surface area contributed by atoms with Crippen LogP contribution in [0.1, 0.15) is 21.4 Å². The molecule has 1 atom stereocenters. The van der Waals surface area contributed by atoms with Crippen molar-refractivity contribution in [3.05, 3.63) is 80.7 Å². The highest BCUT2D eigenvalue weighted by atomic mass is 32.1. The third-order valence-corrected chi connectivity index (χ3v) is 5.34. The fourth-order valence-corrected chi connectivity index (χ4v) is 3.87. The zero-order valence-corrected chi connectivity index (χ0v) is 15.0. The molecule has 0 radical (unpaired) electrons. The molecule has 2 aromatic heterocycles. The number of rotatable bonds is 7. The molecule has 128 valence electrons. The highest BCUT2D eigenvalue weighted by molar-refractivity contribution is 7.10. The van der Waals surface area contributed by atoms with Crippen LogP contribution in [0.5, 0.6) is 0 Å². The van der Waals surface area contributed by atoms with E-state index >= 15 is 0 Å².